The molecule has 6 heteroatoms. The summed E-state index contributed by atoms with van der Waals surface area (Å²) in [6.07, 6.45) is 2.42. The number of hydrogen-bond donors (Lipinski definition) is 2. The molecule has 2 saturated heterocycles. The normalized spacial score (nSPS) is 28.1. The Balaban J connectivity index is 1.45. The van der Waals surface area contributed by atoms with Crippen LogP contribution in [0.1, 0.15) is 46.8 Å². The first-order valence-corrected chi connectivity index (χ1v) is 14.2. The van der Waals surface area contributed by atoms with Crippen molar-refractivity contribution in [1.29, 1.82) is 0 Å². The van der Waals surface area contributed by atoms with Crippen LogP contribution >= 0.6 is 0 Å². The smallest absolute Gasteiger partial charge is 0.251 e. The van der Waals surface area contributed by atoms with Gasteiger partial charge in [0, 0.05) is 28.5 Å². The molecule has 2 spiro atoms. The topological polar surface area (TPSA) is 78.5 Å². The van der Waals surface area contributed by atoms with Gasteiger partial charge in [0.2, 0.25) is 5.91 Å². The van der Waals surface area contributed by atoms with E-state index >= 15 is 0 Å². The van der Waals surface area contributed by atoms with Crippen molar-refractivity contribution < 1.29 is 14.4 Å². The third-order valence-electron chi connectivity index (χ3n) is 9.89. The van der Waals surface area contributed by atoms with Crippen LogP contribution in [0, 0.1) is 5.92 Å². The summed E-state index contributed by atoms with van der Waals surface area (Å²) in [6, 6.07) is 27.2. The first-order valence-electron chi connectivity index (χ1n) is 14.2. The van der Waals surface area contributed by atoms with Gasteiger partial charge >= 0.3 is 0 Å². The zero-order chi connectivity index (χ0) is 27.2. The molecule has 2 N–H and O–H groups in total. The standard InChI is InChI=1S/C34H29N3O3/c1-2-20-13-16-27-25(18-20)34(32(40)36-27)33(24-10-5-6-11-26(24)35-31(33)39)29(28-12-7-17-37(28)34)30(38)23-15-14-21-8-3-4-9-22(21)19-23/h3-6,8-11,13-16,18-19,28-29H,2,7,12,17H2,1H3,(H,35,39)(H,36,40)/t28-,29+,33-,34+/m1/s1. The highest BCUT2D eigenvalue weighted by molar-refractivity contribution is 6.21. The van der Waals surface area contributed by atoms with E-state index in [4.69, 9.17) is 0 Å². The van der Waals surface area contributed by atoms with E-state index in [1.54, 1.807) is 0 Å². The Labute approximate surface area is 232 Å². The minimum absolute atomic E-state index is 0.0840. The van der Waals surface area contributed by atoms with Crippen LogP contribution < -0.4 is 10.6 Å². The van der Waals surface area contributed by atoms with Crippen LogP contribution in [-0.2, 0) is 27.0 Å². The van der Waals surface area contributed by atoms with E-state index in [9.17, 15) is 14.4 Å². The molecule has 0 radical (unpaired) electrons. The number of anilines is 2. The molecule has 0 aromatic heterocycles. The number of ketones is 1. The van der Waals surface area contributed by atoms with Crippen LogP contribution in [-0.4, -0.2) is 35.1 Å². The Kier molecular flexibility index (Phi) is 4.79. The lowest BCUT2D eigenvalue weighted by molar-refractivity contribution is -0.137. The van der Waals surface area contributed by atoms with E-state index < -0.39 is 16.9 Å². The van der Waals surface area contributed by atoms with Gasteiger partial charge < -0.3 is 10.6 Å². The summed E-state index contributed by atoms with van der Waals surface area (Å²) in [6.45, 7) is 2.73. The molecule has 0 unspecified atom stereocenters. The average molecular weight is 528 g/mol. The Morgan fingerprint density at radius 3 is 2.45 bits per heavy atom. The van der Waals surface area contributed by atoms with Gasteiger partial charge in [-0.15, -0.1) is 0 Å². The highest BCUT2D eigenvalue weighted by Gasteiger charge is 2.81. The number of hydrogen-bond acceptors (Lipinski definition) is 4. The minimum atomic E-state index is -1.42. The van der Waals surface area contributed by atoms with E-state index in [1.807, 2.05) is 78.9 Å². The lowest BCUT2D eigenvalue weighted by Gasteiger charge is -2.43. The van der Waals surface area contributed by atoms with Crippen molar-refractivity contribution in [2.45, 2.75) is 43.2 Å². The maximum Gasteiger partial charge on any atom is 0.251 e. The molecule has 4 atom stereocenters. The SMILES string of the molecule is CCc1ccc2c(c1)[C@@]1(C(=O)N2)N2CCC[C@@H]2[C@@H](C(=O)c2ccc3ccccc3c2)[C@]12C(=O)Nc1ccccc12. The van der Waals surface area contributed by atoms with Crippen molar-refractivity contribution in [3.05, 3.63) is 107 Å². The molecule has 0 aliphatic carbocycles. The molecule has 4 aromatic rings. The predicted octanol–water partition coefficient (Wildman–Crippen LogP) is 5.42. The van der Waals surface area contributed by atoms with Crippen LogP contribution in [0.25, 0.3) is 10.8 Å². The number of fused-ring (bicyclic) bond motifs is 8. The van der Waals surface area contributed by atoms with E-state index in [1.165, 1.54) is 0 Å². The Hall–Kier alpha value is -4.29. The lowest BCUT2D eigenvalue weighted by Crippen LogP contribution is -2.62. The van der Waals surface area contributed by atoms with E-state index in [0.717, 1.165) is 52.4 Å². The fraction of sp³-hybridized carbons (Fsp3) is 0.265. The average Bonchev–Trinajstić information content (AvgIpc) is 3.70. The monoisotopic (exact) mass is 527 g/mol. The summed E-state index contributed by atoms with van der Waals surface area (Å²) in [5.74, 6) is -1.31. The molecule has 0 bridgehead atoms. The second-order valence-corrected chi connectivity index (χ2v) is 11.5. The van der Waals surface area contributed by atoms with Crippen LogP contribution in [0.2, 0.25) is 0 Å². The maximum absolute atomic E-state index is 14.9. The molecule has 40 heavy (non-hydrogen) atoms. The Morgan fingerprint density at radius 2 is 1.60 bits per heavy atom. The highest BCUT2D eigenvalue weighted by Crippen LogP contribution is 2.67. The number of amides is 2. The summed E-state index contributed by atoms with van der Waals surface area (Å²) >= 11 is 0. The van der Waals surface area contributed by atoms with Crippen LogP contribution in [0.5, 0.6) is 0 Å². The lowest BCUT2D eigenvalue weighted by atomic mass is 9.57. The molecular formula is C34H29N3O3. The number of aryl methyl sites for hydroxylation is 1. The second-order valence-electron chi connectivity index (χ2n) is 11.5. The number of Topliss-reactive ketones (excluding diaryl/α,β-unsaturated/α-hetero) is 1. The van der Waals surface area contributed by atoms with Gasteiger partial charge in [0.15, 0.2) is 5.78 Å². The van der Waals surface area contributed by atoms with Gasteiger partial charge in [-0.25, -0.2) is 0 Å². The van der Waals surface area contributed by atoms with Crippen molar-refractivity contribution in [3.8, 4) is 0 Å². The molecule has 4 aliphatic heterocycles. The fourth-order valence-corrected chi connectivity index (χ4v) is 8.37. The number of rotatable bonds is 3. The Morgan fingerprint density at radius 1 is 0.850 bits per heavy atom. The van der Waals surface area contributed by atoms with Gasteiger partial charge in [0.25, 0.3) is 5.91 Å². The molecule has 6 nitrogen and oxygen atoms in total. The molecule has 2 fully saturated rings. The minimum Gasteiger partial charge on any atom is -0.325 e. The van der Waals surface area contributed by atoms with Crippen molar-refractivity contribution in [2.75, 3.05) is 17.2 Å². The maximum atomic E-state index is 14.9. The second kappa shape index (κ2) is 8.12. The summed E-state index contributed by atoms with van der Waals surface area (Å²) in [5.41, 5.74) is 1.87. The van der Waals surface area contributed by atoms with Crippen LogP contribution in [0.4, 0.5) is 11.4 Å². The number of carbonyl (C=O) groups excluding carboxylic acids is 3. The first-order chi connectivity index (χ1) is 19.5. The van der Waals surface area contributed by atoms with Crippen molar-refractivity contribution in [1.82, 2.24) is 4.90 Å². The van der Waals surface area contributed by atoms with Gasteiger partial charge in [-0.1, -0.05) is 73.7 Å². The fourth-order valence-electron chi connectivity index (χ4n) is 8.37. The van der Waals surface area contributed by atoms with Gasteiger partial charge in [-0.2, -0.15) is 0 Å². The van der Waals surface area contributed by atoms with Gasteiger partial charge in [-0.05, 0) is 65.9 Å². The van der Waals surface area contributed by atoms with Gasteiger partial charge in [0.05, 0.1) is 5.92 Å². The van der Waals surface area contributed by atoms with Crippen molar-refractivity contribution in [3.63, 3.8) is 0 Å². The molecule has 2 amide bonds. The van der Waals surface area contributed by atoms with Gasteiger partial charge in [0.1, 0.15) is 11.0 Å². The predicted molar refractivity (Wildman–Crippen MR) is 154 cm³/mol. The van der Waals surface area contributed by atoms with Crippen molar-refractivity contribution in [2.24, 2.45) is 5.92 Å². The zero-order valence-electron chi connectivity index (χ0n) is 22.2. The molecular weight excluding hydrogens is 498 g/mol. The number of para-hydroxylation sites is 1. The quantitative estimate of drug-likeness (QED) is 0.349. The Bertz CT molecular complexity index is 1780. The third kappa shape index (κ3) is 2.65. The van der Waals surface area contributed by atoms with E-state index in [2.05, 4.69) is 28.5 Å². The molecule has 198 valence electrons. The number of carbonyl (C=O) groups is 3. The molecule has 4 aromatic carbocycles. The number of benzene rings is 4. The summed E-state index contributed by atoms with van der Waals surface area (Å²) in [5, 5.41) is 8.30. The first kappa shape index (κ1) is 23.6. The van der Waals surface area contributed by atoms with Gasteiger partial charge in [-0.3, -0.25) is 19.3 Å². The molecule has 4 aliphatic rings. The summed E-state index contributed by atoms with van der Waals surface area (Å²) in [4.78, 5) is 46.3. The third-order valence-corrected chi connectivity index (χ3v) is 9.89. The van der Waals surface area contributed by atoms with Crippen molar-refractivity contribution >= 4 is 39.7 Å². The zero-order valence-corrected chi connectivity index (χ0v) is 22.2. The number of nitrogens with one attached hydrogen (secondary N) is 2. The number of nitrogens with zero attached hydrogens (tertiary/aromatic N) is 1. The van der Waals surface area contributed by atoms with E-state index in [0.29, 0.717) is 17.8 Å². The molecule has 0 saturated carbocycles. The highest BCUT2D eigenvalue weighted by atomic mass is 16.2. The summed E-state index contributed by atoms with van der Waals surface area (Å²) in [7, 11) is 0. The summed E-state index contributed by atoms with van der Waals surface area (Å²) < 4.78 is 0. The van der Waals surface area contributed by atoms with Crippen LogP contribution in [0.15, 0.2) is 84.9 Å². The van der Waals surface area contributed by atoms with E-state index in [-0.39, 0.29) is 23.6 Å². The largest absolute Gasteiger partial charge is 0.325 e. The molecule has 4 heterocycles. The van der Waals surface area contributed by atoms with Crippen LogP contribution in [0.3, 0.4) is 0 Å². The molecule has 8 rings (SSSR count).